The molecule has 4 fully saturated rings. The molecule has 59 heavy (non-hydrogen) atoms. The summed E-state index contributed by atoms with van der Waals surface area (Å²) in [5.74, 6) is 0. The summed E-state index contributed by atoms with van der Waals surface area (Å²) in [6.45, 7) is 18.4. The van der Waals surface area contributed by atoms with E-state index in [1.54, 1.807) is 34.0 Å². The van der Waals surface area contributed by atoms with Crippen LogP contribution in [0.1, 0.15) is 83.1 Å². The van der Waals surface area contributed by atoms with E-state index in [4.69, 9.17) is 56.0 Å². The van der Waals surface area contributed by atoms with Gasteiger partial charge in [0, 0.05) is 0 Å². The van der Waals surface area contributed by atoms with Crippen LogP contribution in [-0.4, -0.2) is 183 Å². The van der Waals surface area contributed by atoms with Gasteiger partial charge >= 0.3 is 6.80 Å². The molecule has 4 N–H and O–H groups in total. The van der Waals surface area contributed by atoms with E-state index in [2.05, 4.69) is 7.57 Å². The first-order valence-electron chi connectivity index (χ1n) is 20.5. The minimum absolute atomic E-state index is 0.0169. The predicted molar refractivity (Wildman–Crippen MR) is 221 cm³/mol. The highest BCUT2D eigenvalue weighted by Crippen LogP contribution is 2.61. The van der Waals surface area contributed by atoms with Gasteiger partial charge in [-0.2, -0.15) is 0 Å². The Balaban J connectivity index is 0.000000316. The van der Waals surface area contributed by atoms with Gasteiger partial charge in [0.15, 0.2) is 0 Å². The third-order valence-corrected chi connectivity index (χ3v) is 14.4. The molecule has 0 saturated carbocycles. The predicted octanol–water partition coefficient (Wildman–Crippen LogP) is 3.29. The topological polar surface area (TPSA) is 226 Å². The maximum atomic E-state index is 13.3. The Bertz CT molecular complexity index is 1340. The van der Waals surface area contributed by atoms with Gasteiger partial charge in [0.05, 0.1) is 75.3 Å². The molecule has 0 amide bonds. The lowest BCUT2D eigenvalue weighted by atomic mass is 10.1. The first kappa shape index (κ1) is 53.6. The van der Waals surface area contributed by atoms with Crippen molar-refractivity contribution in [1.29, 1.82) is 0 Å². The zero-order valence-corrected chi connectivity index (χ0v) is 39.5. The van der Waals surface area contributed by atoms with Gasteiger partial charge in [0.25, 0.3) is 15.0 Å². The van der Waals surface area contributed by atoms with E-state index < -0.39 is 112 Å². The van der Waals surface area contributed by atoms with Crippen molar-refractivity contribution in [1.82, 2.24) is 0 Å². The van der Waals surface area contributed by atoms with Gasteiger partial charge in [-0.3, -0.25) is 13.6 Å². The number of aliphatic hydroxyl groups excluding tert-OH is 4. The minimum atomic E-state index is -3.81. The minimum Gasteiger partial charge on any atom is -0.388 e. The van der Waals surface area contributed by atoms with E-state index >= 15 is 0 Å². The molecule has 22 heteroatoms. The normalized spacial score (nSPS) is 39.6. The molecule has 6 unspecified atom stereocenters. The van der Waals surface area contributed by atoms with Crippen molar-refractivity contribution in [2.24, 2.45) is 0 Å². The fourth-order valence-electron chi connectivity index (χ4n) is 6.86. The largest absolute Gasteiger partial charge is 0.389 e. The fraction of sp³-hybridized carbons (Fsp3) is 1.00. The highest BCUT2D eigenvalue weighted by atomic mass is 32.7. The van der Waals surface area contributed by atoms with Gasteiger partial charge in [0.2, 0.25) is 0 Å². The number of hydrogen-bond donors (Lipinski definition) is 4. The lowest BCUT2D eigenvalue weighted by molar-refractivity contribution is -0.0776. The molecule has 0 aromatic heterocycles. The van der Waals surface area contributed by atoms with Crippen LogP contribution in [-0.2, 0) is 65.1 Å². The van der Waals surface area contributed by atoms with Crippen molar-refractivity contribution >= 4 is 33.2 Å². The lowest BCUT2D eigenvalue weighted by Crippen LogP contribution is -2.39. The highest BCUT2D eigenvalue weighted by molar-refractivity contribution is 8.54. The van der Waals surface area contributed by atoms with E-state index in [1.165, 1.54) is 0 Å². The fourth-order valence-corrected chi connectivity index (χ4v) is 10.1. The number of rotatable bonds is 21. The van der Waals surface area contributed by atoms with Crippen LogP contribution < -0.4 is 0 Å². The molecule has 4 heterocycles. The zero-order valence-electron chi connectivity index (χ0n) is 36.9. The Morgan fingerprint density at radius 1 is 0.525 bits per heavy atom. The van der Waals surface area contributed by atoms with Crippen molar-refractivity contribution in [3.8, 4) is 0 Å². The van der Waals surface area contributed by atoms with Crippen molar-refractivity contribution in [2.75, 3.05) is 32.7 Å². The van der Waals surface area contributed by atoms with Gasteiger partial charge in [-0.05, 0) is 101 Å². The Kier molecular flexibility index (Phi) is 21.8. The second-order valence-corrected chi connectivity index (χ2v) is 22.4. The van der Waals surface area contributed by atoms with Gasteiger partial charge in [-0.15, -0.1) is 0 Å². The third kappa shape index (κ3) is 16.0. The summed E-state index contributed by atoms with van der Waals surface area (Å²) in [4.78, 5) is 0. The average Bonchev–Trinajstić information content (AvgIpc) is 3.77. The molecule has 4 aliphatic heterocycles. The molecule has 4 rings (SSSR count). The highest BCUT2D eigenvalue weighted by Gasteiger charge is 2.49. The molecule has 0 aromatic carbocycles. The van der Waals surface area contributed by atoms with E-state index in [0.29, 0.717) is 0 Å². The SMILES string of the molecule is CSP(=O)(OC[C@H]1O[C@@H](C)C(O)[C@H]1OC(C)C)O[C@@H]1C(O)[C@H](C)O[C@@H]1COC(C)C.[BH]P(=O)(OC[C@H]1O[C@@H](C)C(O)[C@H]1OC(C)C)O[C@@H]1C(O)[C@H](C)O[C@@H]1COC(C)C. The molecule has 4 aliphatic rings. The van der Waals surface area contributed by atoms with E-state index in [9.17, 15) is 29.6 Å². The monoisotopic (exact) mass is 909 g/mol. The van der Waals surface area contributed by atoms with Crippen molar-refractivity contribution < 1.29 is 85.5 Å². The van der Waals surface area contributed by atoms with Crippen LogP contribution in [0.25, 0.3) is 0 Å². The molecule has 4 saturated heterocycles. The maximum Gasteiger partial charge on any atom is 0.389 e. The molecule has 347 valence electrons. The van der Waals surface area contributed by atoms with Crippen LogP contribution >= 0.6 is 25.7 Å². The molecule has 18 atom stereocenters. The number of ether oxygens (including phenoxy) is 8. The van der Waals surface area contributed by atoms with Crippen molar-refractivity contribution in [3.05, 3.63) is 0 Å². The average molecular weight is 910 g/mol. The Labute approximate surface area is 355 Å². The molecule has 0 aromatic rings. The second kappa shape index (κ2) is 24.0. The number of hydrogen-bond acceptors (Lipinski definition) is 19. The molecule has 0 aliphatic carbocycles. The Morgan fingerprint density at radius 3 is 1.19 bits per heavy atom. The lowest BCUT2D eigenvalue weighted by Gasteiger charge is -2.27. The van der Waals surface area contributed by atoms with Gasteiger partial charge in [-0.25, -0.2) is 4.57 Å². The quantitative estimate of drug-likeness (QED) is 0.0958. The van der Waals surface area contributed by atoms with Crippen LogP contribution in [0.15, 0.2) is 0 Å². The molecular formula is C37H72BO18P2S. The molecule has 0 bridgehead atoms. The maximum absolute atomic E-state index is 13.3. The van der Waals surface area contributed by atoms with Crippen molar-refractivity contribution in [3.63, 3.8) is 0 Å². The standard InChI is InChI=1S/C19H37O9PS.C18H35BO9P/c1-10(2)23-8-14-19(17(21)13(6)26-14)28-29(22,30-7)24-9-15-18(25-11(3)4)16(20)12(5)27-15;1-9(2)23-7-13-18(16(21)12(6)26-13)28-29(19,22)24-8-14-17(25-10(3)4)15(20)11(5)27-14/h10-21H,8-9H2,1-7H3;9-21H,7-8H2,1-6H3/t12-,13-,14+,15+,16?,17?,18-,19-,29?;11-,12-,13+,14+,15?,16?,17-,18-,29?/m00/s1. The molecule has 0 spiro atoms. The summed E-state index contributed by atoms with van der Waals surface area (Å²) in [6.07, 6.45) is -9.44. The van der Waals surface area contributed by atoms with E-state index in [-0.39, 0.29) is 50.8 Å². The molecular weight excluding hydrogens is 837 g/mol. The Hall–Kier alpha value is 0.235. The molecule has 1 radical (unpaired) electrons. The van der Waals surface area contributed by atoms with Crippen LogP contribution in [0, 0.1) is 0 Å². The van der Waals surface area contributed by atoms with Crippen LogP contribution in [0.5, 0.6) is 0 Å². The summed E-state index contributed by atoms with van der Waals surface area (Å²) in [5, 5.41) is 41.4. The first-order chi connectivity index (χ1) is 27.4. The summed E-state index contributed by atoms with van der Waals surface area (Å²) in [5.41, 5.74) is 0. The van der Waals surface area contributed by atoms with Crippen LogP contribution in [0.2, 0.25) is 0 Å². The summed E-state index contributed by atoms with van der Waals surface area (Å²) < 4.78 is 94.0. The second-order valence-electron chi connectivity index (χ2n) is 16.5. The summed E-state index contributed by atoms with van der Waals surface area (Å²) in [7, 11) is -0.253. The number of aliphatic hydroxyl groups is 4. The van der Waals surface area contributed by atoms with Crippen LogP contribution in [0.3, 0.4) is 0 Å². The van der Waals surface area contributed by atoms with Gasteiger partial charge in [0.1, 0.15) is 73.2 Å². The zero-order chi connectivity index (χ0) is 44.6. The Morgan fingerprint density at radius 2 is 0.847 bits per heavy atom. The smallest absolute Gasteiger partial charge is 0.388 e. The molecule has 18 nitrogen and oxygen atoms in total. The first-order valence-corrected chi connectivity index (χ1v) is 25.6. The summed E-state index contributed by atoms with van der Waals surface area (Å²) in [6, 6.07) is 0. The van der Waals surface area contributed by atoms with Gasteiger partial charge in [-0.1, -0.05) is 0 Å². The van der Waals surface area contributed by atoms with Crippen molar-refractivity contribution in [2.45, 2.75) is 205 Å². The summed E-state index contributed by atoms with van der Waals surface area (Å²) >= 11 is 0.934. The van der Waals surface area contributed by atoms with Gasteiger partial charge < -0.3 is 67.4 Å². The van der Waals surface area contributed by atoms with Crippen LogP contribution in [0.4, 0.5) is 0 Å². The third-order valence-electron chi connectivity index (χ3n) is 9.93. The van der Waals surface area contributed by atoms with E-state index in [1.807, 2.05) is 55.4 Å². The van der Waals surface area contributed by atoms with E-state index in [0.717, 1.165) is 11.4 Å².